The normalized spacial score (nSPS) is 18.4. The number of nitrogens with zero attached hydrogens (tertiary/aromatic N) is 1. The van der Waals surface area contributed by atoms with E-state index >= 15 is 0 Å². The van der Waals surface area contributed by atoms with Gasteiger partial charge in [-0.2, -0.15) is 0 Å². The quantitative estimate of drug-likeness (QED) is 0.801. The van der Waals surface area contributed by atoms with Crippen molar-refractivity contribution in [2.45, 2.75) is 31.1 Å². The van der Waals surface area contributed by atoms with Crippen molar-refractivity contribution in [1.29, 1.82) is 0 Å². The first-order chi connectivity index (χ1) is 8.25. The van der Waals surface area contributed by atoms with Crippen molar-refractivity contribution in [3.8, 4) is 0 Å². The van der Waals surface area contributed by atoms with Crippen molar-refractivity contribution in [1.82, 2.24) is 4.90 Å². The zero-order valence-electron chi connectivity index (χ0n) is 10.5. The monoisotopic (exact) mass is 251 g/mol. The van der Waals surface area contributed by atoms with Gasteiger partial charge in [-0.15, -0.1) is 0 Å². The molecule has 1 heterocycles. The third kappa shape index (κ3) is 3.93. The summed E-state index contributed by atoms with van der Waals surface area (Å²) in [6.07, 6.45) is 3.71. The summed E-state index contributed by atoms with van der Waals surface area (Å²) in [7, 11) is -0.818. The molecule has 2 rings (SSSR count). The summed E-state index contributed by atoms with van der Waals surface area (Å²) in [5, 5.41) is 0. The molecule has 0 aromatic heterocycles. The minimum atomic E-state index is -0.818. The van der Waals surface area contributed by atoms with E-state index in [1.165, 1.54) is 31.5 Å². The van der Waals surface area contributed by atoms with Crippen LogP contribution in [-0.2, 0) is 10.8 Å². The number of aryl methyl sites for hydroxylation is 1. The van der Waals surface area contributed by atoms with Gasteiger partial charge in [0.05, 0.1) is 10.8 Å². The Balaban J connectivity index is 1.75. The lowest BCUT2D eigenvalue weighted by molar-refractivity contribution is 0.340. The Kier molecular flexibility index (Phi) is 4.75. The molecule has 0 aliphatic carbocycles. The zero-order valence-corrected chi connectivity index (χ0v) is 11.3. The Bertz CT molecular complexity index is 368. The Morgan fingerprint density at radius 1 is 1.18 bits per heavy atom. The fraction of sp³-hybridized carbons (Fsp3) is 0.571. The van der Waals surface area contributed by atoms with E-state index in [1.54, 1.807) is 0 Å². The van der Waals surface area contributed by atoms with Gasteiger partial charge in [-0.25, -0.2) is 0 Å². The second kappa shape index (κ2) is 6.31. The van der Waals surface area contributed by atoms with Gasteiger partial charge in [-0.05, 0) is 58.0 Å². The van der Waals surface area contributed by atoms with E-state index in [4.69, 9.17) is 0 Å². The van der Waals surface area contributed by atoms with Gasteiger partial charge >= 0.3 is 0 Å². The van der Waals surface area contributed by atoms with E-state index in [0.717, 1.165) is 23.6 Å². The number of hydrogen-bond acceptors (Lipinski definition) is 2. The molecule has 0 spiro atoms. The Labute approximate surface area is 106 Å². The molecule has 1 aliphatic rings. The first-order valence-electron chi connectivity index (χ1n) is 6.43. The summed E-state index contributed by atoms with van der Waals surface area (Å²) < 4.78 is 12.0. The van der Waals surface area contributed by atoms with Crippen molar-refractivity contribution in [2.24, 2.45) is 0 Å². The van der Waals surface area contributed by atoms with E-state index in [-0.39, 0.29) is 0 Å². The molecule has 94 valence electrons. The molecule has 1 fully saturated rings. The molecule has 0 N–H and O–H groups in total. The van der Waals surface area contributed by atoms with E-state index in [0.29, 0.717) is 0 Å². The third-order valence-electron chi connectivity index (χ3n) is 3.29. The highest BCUT2D eigenvalue weighted by atomic mass is 32.2. The first kappa shape index (κ1) is 12.8. The molecule has 17 heavy (non-hydrogen) atoms. The van der Waals surface area contributed by atoms with Crippen molar-refractivity contribution in [2.75, 3.05) is 25.4 Å². The molecule has 1 atom stereocenters. The van der Waals surface area contributed by atoms with E-state index < -0.39 is 10.8 Å². The molecule has 0 bridgehead atoms. The lowest BCUT2D eigenvalue weighted by Crippen LogP contribution is -2.21. The molecule has 1 aliphatic heterocycles. The number of benzene rings is 1. The van der Waals surface area contributed by atoms with Gasteiger partial charge in [0.15, 0.2) is 0 Å². The predicted octanol–water partition coefficient (Wildman–Crippen LogP) is 2.59. The van der Waals surface area contributed by atoms with Crippen molar-refractivity contribution in [3.63, 3.8) is 0 Å². The molecule has 2 nitrogen and oxygen atoms in total. The maximum absolute atomic E-state index is 12.0. The van der Waals surface area contributed by atoms with Gasteiger partial charge in [0.25, 0.3) is 0 Å². The molecule has 0 amide bonds. The largest absolute Gasteiger partial charge is 0.303 e. The summed E-state index contributed by atoms with van der Waals surface area (Å²) >= 11 is 0. The van der Waals surface area contributed by atoms with Crippen molar-refractivity contribution < 1.29 is 4.21 Å². The fourth-order valence-corrected chi connectivity index (χ4v) is 3.30. The van der Waals surface area contributed by atoms with Crippen LogP contribution in [0.4, 0.5) is 0 Å². The van der Waals surface area contributed by atoms with Crippen LogP contribution in [0.2, 0.25) is 0 Å². The van der Waals surface area contributed by atoms with E-state index in [1.807, 2.05) is 24.3 Å². The molecule has 1 aromatic rings. The Hall–Kier alpha value is -0.670. The Morgan fingerprint density at radius 2 is 1.82 bits per heavy atom. The van der Waals surface area contributed by atoms with Gasteiger partial charge in [-0.1, -0.05) is 17.7 Å². The number of likely N-dealkylation sites (tertiary alicyclic amines) is 1. The molecule has 0 saturated carbocycles. The SMILES string of the molecule is Cc1ccc(S(=O)CCCN2CCCC2)cc1. The van der Waals surface area contributed by atoms with E-state index in [2.05, 4.69) is 11.8 Å². The second-order valence-electron chi connectivity index (χ2n) is 4.76. The average molecular weight is 251 g/mol. The fourth-order valence-electron chi connectivity index (χ4n) is 2.23. The zero-order chi connectivity index (χ0) is 12.1. The second-order valence-corrected chi connectivity index (χ2v) is 6.34. The van der Waals surface area contributed by atoms with Gasteiger partial charge in [0, 0.05) is 10.6 Å². The van der Waals surface area contributed by atoms with Crippen LogP contribution >= 0.6 is 0 Å². The molecule has 1 unspecified atom stereocenters. The summed E-state index contributed by atoms with van der Waals surface area (Å²) in [6.45, 7) is 5.63. The smallest absolute Gasteiger partial charge is 0.0529 e. The first-order valence-corrected chi connectivity index (χ1v) is 7.75. The summed E-state index contributed by atoms with van der Waals surface area (Å²) in [6, 6.07) is 8.05. The maximum Gasteiger partial charge on any atom is 0.0529 e. The lowest BCUT2D eigenvalue weighted by atomic mass is 10.2. The molecule has 3 heteroatoms. The van der Waals surface area contributed by atoms with Crippen LogP contribution in [0.15, 0.2) is 29.2 Å². The average Bonchev–Trinajstić information content (AvgIpc) is 2.83. The number of hydrogen-bond donors (Lipinski definition) is 0. The minimum Gasteiger partial charge on any atom is -0.303 e. The molecule has 1 aromatic carbocycles. The highest BCUT2D eigenvalue weighted by Gasteiger charge is 2.11. The lowest BCUT2D eigenvalue weighted by Gasteiger charge is -2.13. The van der Waals surface area contributed by atoms with Crippen LogP contribution in [-0.4, -0.2) is 34.5 Å². The summed E-state index contributed by atoms with van der Waals surface area (Å²) in [5.41, 5.74) is 1.22. The highest BCUT2D eigenvalue weighted by molar-refractivity contribution is 7.85. The standard InChI is InChI=1S/C14H21NOS/c1-13-5-7-14(8-6-13)17(16)12-4-11-15-9-2-3-10-15/h5-8H,2-4,9-12H2,1H3. The minimum absolute atomic E-state index is 0.791. The predicted molar refractivity (Wildman–Crippen MR) is 72.7 cm³/mol. The molecular weight excluding hydrogens is 230 g/mol. The van der Waals surface area contributed by atoms with Gasteiger partial charge < -0.3 is 4.90 Å². The number of rotatable bonds is 5. The van der Waals surface area contributed by atoms with Crippen LogP contribution < -0.4 is 0 Å². The van der Waals surface area contributed by atoms with Crippen molar-refractivity contribution >= 4 is 10.8 Å². The summed E-state index contributed by atoms with van der Waals surface area (Å²) in [4.78, 5) is 3.45. The van der Waals surface area contributed by atoms with Gasteiger partial charge in [-0.3, -0.25) is 4.21 Å². The van der Waals surface area contributed by atoms with Crippen molar-refractivity contribution in [3.05, 3.63) is 29.8 Å². The molecule has 1 saturated heterocycles. The van der Waals surface area contributed by atoms with Gasteiger partial charge in [0.1, 0.15) is 0 Å². The Morgan fingerprint density at radius 3 is 2.47 bits per heavy atom. The maximum atomic E-state index is 12.0. The van der Waals surface area contributed by atoms with E-state index in [9.17, 15) is 4.21 Å². The highest BCUT2D eigenvalue weighted by Crippen LogP contribution is 2.11. The van der Waals surface area contributed by atoms with Crippen LogP contribution in [0.25, 0.3) is 0 Å². The van der Waals surface area contributed by atoms with Crippen LogP contribution in [0.1, 0.15) is 24.8 Å². The molecule has 0 radical (unpaired) electrons. The topological polar surface area (TPSA) is 20.3 Å². The summed E-state index contributed by atoms with van der Waals surface area (Å²) in [5.74, 6) is 0.791. The van der Waals surface area contributed by atoms with Crippen LogP contribution in [0, 0.1) is 6.92 Å². The van der Waals surface area contributed by atoms with Gasteiger partial charge in [0.2, 0.25) is 0 Å². The van der Waals surface area contributed by atoms with Crippen LogP contribution in [0.3, 0.4) is 0 Å². The molecular formula is C14H21NOS. The van der Waals surface area contributed by atoms with Crippen LogP contribution in [0.5, 0.6) is 0 Å². The third-order valence-corrected chi connectivity index (χ3v) is 4.74.